The highest BCUT2D eigenvalue weighted by molar-refractivity contribution is 7.15. The number of hydrogen-bond donors (Lipinski definition) is 0. The highest BCUT2D eigenvalue weighted by Gasteiger charge is 2.17. The number of rotatable bonds is 4. The van der Waals surface area contributed by atoms with Crippen molar-refractivity contribution in [1.29, 1.82) is 0 Å². The maximum atomic E-state index is 13.3. The fraction of sp³-hybridized carbons (Fsp3) is 0.103. The standard InChI is InChI=1S/C29H23N5OS/c1-18-14-19(2)25(20(3)15-18)26-22(17-33(31-26)23-12-8-5-9-13-23)16-24-28(35)34-29(36-24)30-27(32-34)21-10-6-4-7-11-21/h4-17H,1-3H3/b24-16-. The van der Waals surface area contributed by atoms with Crippen LogP contribution in [0, 0.1) is 20.8 Å². The van der Waals surface area contributed by atoms with Crippen LogP contribution < -0.4 is 10.1 Å². The lowest BCUT2D eigenvalue weighted by atomic mass is 9.95. The zero-order valence-electron chi connectivity index (χ0n) is 20.1. The van der Waals surface area contributed by atoms with Crippen LogP contribution in [-0.4, -0.2) is 24.4 Å². The van der Waals surface area contributed by atoms with E-state index in [1.807, 2.05) is 77.6 Å². The molecule has 0 aliphatic rings. The summed E-state index contributed by atoms with van der Waals surface area (Å²) in [6, 6.07) is 24.0. The van der Waals surface area contributed by atoms with Gasteiger partial charge in [0.1, 0.15) is 5.69 Å². The summed E-state index contributed by atoms with van der Waals surface area (Å²) >= 11 is 1.34. The molecule has 0 aliphatic heterocycles. The summed E-state index contributed by atoms with van der Waals surface area (Å²) in [5.41, 5.74) is 7.98. The lowest BCUT2D eigenvalue weighted by Gasteiger charge is -2.10. The predicted octanol–water partition coefficient (Wildman–Crippen LogP) is 5.14. The van der Waals surface area contributed by atoms with Crippen LogP contribution in [0.15, 0.2) is 83.8 Å². The minimum Gasteiger partial charge on any atom is -0.266 e. The van der Waals surface area contributed by atoms with Gasteiger partial charge in [-0.1, -0.05) is 77.6 Å². The van der Waals surface area contributed by atoms with Crippen LogP contribution in [0.25, 0.3) is 39.4 Å². The number of benzene rings is 3. The maximum absolute atomic E-state index is 13.3. The van der Waals surface area contributed by atoms with E-state index in [-0.39, 0.29) is 5.56 Å². The van der Waals surface area contributed by atoms with Gasteiger partial charge in [0.05, 0.1) is 10.2 Å². The third kappa shape index (κ3) is 3.83. The maximum Gasteiger partial charge on any atom is 0.291 e. The van der Waals surface area contributed by atoms with Gasteiger partial charge >= 0.3 is 0 Å². The van der Waals surface area contributed by atoms with Crippen molar-refractivity contribution in [2.75, 3.05) is 0 Å². The van der Waals surface area contributed by atoms with E-state index >= 15 is 0 Å². The molecule has 0 saturated heterocycles. The summed E-state index contributed by atoms with van der Waals surface area (Å²) in [5.74, 6) is 0.550. The van der Waals surface area contributed by atoms with Crippen LogP contribution in [0.1, 0.15) is 22.3 Å². The van der Waals surface area contributed by atoms with Crippen molar-refractivity contribution in [2.24, 2.45) is 0 Å². The molecule has 0 spiro atoms. The van der Waals surface area contributed by atoms with Gasteiger partial charge < -0.3 is 0 Å². The first-order valence-corrected chi connectivity index (χ1v) is 12.5. The van der Waals surface area contributed by atoms with Gasteiger partial charge in [0.15, 0.2) is 5.82 Å². The Hall–Kier alpha value is -4.36. The van der Waals surface area contributed by atoms with Crippen molar-refractivity contribution in [2.45, 2.75) is 20.8 Å². The monoisotopic (exact) mass is 489 g/mol. The van der Waals surface area contributed by atoms with Crippen molar-refractivity contribution < 1.29 is 0 Å². The SMILES string of the molecule is Cc1cc(C)c(-c2nn(-c3ccccc3)cc2/C=c2\sc3nc(-c4ccccc4)nn3c2=O)c(C)c1. The predicted molar refractivity (Wildman–Crippen MR) is 145 cm³/mol. The van der Waals surface area contributed by atoms with E-state index in [0.717, 1.165) is 39.2 Å². The van der Waals surface area contributed by atoms with Crippen LogP contribution in [0.2, 0.25) is 0 Å². The zero-order valence-corrected chi connectivity index (χ0v) is 21.0. The van der Waals surface area contributed by atoms with E-state index in [2.05, 4.69) is 43.0 Å². The molecule has 36 heavy (non-hydrogen) atoms. The minimum absolute atomic E-state index is 0.180. The molecule has 0 fully saturated rings. The van der Waals surface area contributed by atoms with Crippen LogP contribution in [0.3, 0.4) is 0 Å². The second kappa shape index (κ2) is 8.70. The van der Waals surface area contributed by atoms with E-state index in [1.54, 1.807) is 0 Å². The highest BCUT2D eigenvalue weighted by Crippen LogP contribution is 2.31. The first-order chi connectivity index (χ1) is 17.5. The zero-order chi connectivity index (χ0) is 24.8. The van der Waals surface area contributed by atoms with E-state index in [4.69, 9.17) is 5.10 Å². The van der Waals surface area contributed by atoms with Gasteiger partial charge in [-0.15, -0.1) is 5.10 Å². The van der Waals surface area contributed by atoms with Gasteiger partial charge in [-0.3, -0.25) is 4.79 Å². The first kappa shape index (κ1) is 22.1. The second-order valence-electron chi connectivity index (χ2n) is 8.90. The smallest absolute Gasteiger partial charge is 0.266 e. The number of hydrogen-bond acceptors (Lipinski definition) is 5. The summed E-state index contributed by atoms with van der Waals surface area (Å²) in [6.07, 6.45) is 3.89. The molecule has 3 heterocycles. The average molecular weight is 490 g/mol. The van der Waals surface area contributed by atoms with Crippen molar-refractivity contribution in [3.63, 3.8) is 0 Å². The average Bonchev–Trinajstić information content (AvgIpc) is 3.55. The molecule has 7 heteroatoms. The summed E-state index contributed by atoms with van der Waals surface area (Å²) in [6.45, 7) is 6.31. The third-order valence-electron chi connectivity index (χ3n) is 6.18. The molecule has 176 valence electrons. The fourth-order valence-corrected chi connectivity index (χ4v) is 5.54. The van der Waals surface area contributed by atoms with Crippen LogP contribution >= 0.6 is 11.3 Å². The normalized spacial score (nSPS) is 12.0. The number of aryl methyl sites for hydroxylation is 3. The van der Waals surface area contributed by atoms with Gasteiger partial charge in [-0.05, 0) is 50.1 Å². The summed E-state index contributed by atoms with van der Waals surface area (Å²) < 4.78 is 3.83. The Morgan fingerprint density at radius 2 is 1.53 bits per heavy atom. The third-order valence-corrected chi connectivity index (χ3v) is 7.14. The molecular weight excluding hydrogens is 466 g/mol. The summed E-state index contributed by atoms with van der Waals surface area (Å²) in [7, 11) is 0. The number of nitrogens with zero attached hydrogens (tertiary/aromatic N) is 5. The number of fused-ring (bicyclic) bond motifs is 1. The number of aromatic nitrogens is 5. The molecule has 6 nitrogen and oxygen atoms in total. The van der Waals surface area contributed by atoms with E-state index < -0.39 is 0 Å². The molecule has 0 amide bonds. The molecule has 3 aromatic carbocycles. The lowest BCUT2D eigenvalue weighted by Crippen LogP contribution is -2.23. The Labute approximate surface area is 211 Å². The van der Waals surface area contributed by atoms with E-state index in [9.17, 15) is 4.79 Å². The fourth-order valence-electron chi connectivity index (χ4n) is 4.64. The Morgan fingerprint density at radius 1 is 0.861 bits per heavy atom. The molecule has 0 unspecified atom stereocenters. The Morgan fingerprint density at radius 3 is 2.19 bits per heavy atom. The quantitative estimate of drug-likeness (QED) is 0.344. The van der Waals surface area contributed by atoms with Gasteiger partial charge in [-0.25, -0.2) is 4.68 Å². The molecule has 0 N–H and O–H groups in total. The highest BCUT2D eigenvalue weighted by atomic mass is 32.1. The Bertz CT molecular complexity index is 1810. The van der Waals surface area contributed by atoms with Crippen molar-refractivity contribution in [3.8, 4) is 28.3 Å². The second-order valence-corrected chi connectivity index (χ2v) is 9.91. The van der Waals surface area contributed by atoms with Crippen LogP contribution in [0.5, 0.6) is 0 Å². The topological polar surface area (TPSA) is 65.1 Å². The molecule has 0 saturated carbocycles. The number of para-hydroxylation sites is 1. The molecular formula is C29H23N5OS. The van der Waals surface area contributed by atoms with Crippen molar-refractivity contribution >= 4 is 22.4 Å². The first-order valence-electron chi connectivity index (χ1n) is 11.7. The van der Waals surface area contributed by atoms with Crippen LogP contribution in [-0.2, 0) is 0 Å². The van der Waals surface area contributed by atoms with Crippen LogP contribution in [0.4, 0.5) is 0 Å². The molecule has 0 radical (unpaired) electrons. The summed E-state index contributed by atoms with van der Waals surface area (Å²) in [4.78, 5) is 18.5. The van der Waals surface area contributed by atoms with Crippen molar-refractivity contribution in [1.82, 2.24) is 24.4 Å². The van der Waals surface area contributed by atoms with Gasteiger partial charge in [0.25, 0.3) is 5.56 Å². The molecule has 0 aliphatic carbocycles. The van der Waals surface area contributed by atoms with E-state index in [1.165, 1.54) is 21.4 Å². The Kier molecular flexibility index (Phi) is 5.34. The summed E-state index contributed by atoms with van der Waals surface area (Å²) in [5, 5.41) is 9.45. The largest absolute Gasteiger partial charge is 0.291 e. The molecule has 0 atom stereocenters. The van der Waals surface area contributed by atoms with Crippen molar-refractivity contribution in [3.05, 3.63) is 116 Å². The number of thiazole rings is 1. The molecule has 6 rings (SSSR count). The van der Waals surface area contributed by atoms with Gasteiger partial charge in [0.2, 0.25) is 4.96 Å². The Balaban J connectivity index is 1.54. The minimum atomic E-state index is -0.180. The lowest BCUT2D eigenvalue weighted by molar-refractivity contribution is 0.883. The molecule has 0 bridgehead atoms. The van der Waals surface area contributed by atoms with E-state index in [0.29, 0.717) is 15.3 Å². The van der Waals surface area contributed by atoms with Gasteiger partial charge in [-0.2, -0.15) is 14.6 Å². The molecule has 3 aromatic heterocycles. The van der Waals surface area contributed by atoms with Gasteiger partial charge in [0, 0.05) is 22.9 Å². The molecule has 6 aromatic rings.